The first-order chi connectivity index (χ1) is 68.4. The Morgan fingerprint density at radius 1 is 0.206 bits per heavy atom. The Labute approximate surface area is 850 Å². The molecule has 18 aromatic carbocycles. The summed E-state index contributed by atoms with van der Waals surface area (Å²) >= 11 is 0. The van der Waals surface area contributed by atoms with Crippen molar-refractivity contribution in [1.29, 1.82) is 0 Å². The van der Waals surface area contributed by atoms with Crippen LogP contribution < -0.4 is 0 Å². The van der Waals surface area contributed by atoms with Crippen molar-refractivity contribution < 1.29 is 63.2 Å². The van der Waals surface area contributed by atoms with Crippen LogP contribution in [0.3, 0.4) is 0 Å². The molecule has 12 nitrogen and oxygen atoms in total. The summed E-state index contributed by atoms with van der Waals surface area (Å²) in [5.74, 6) is 2.61. The number of nitrogens with zero attached hydrogens (tertiary/aromatic N) is 12. The molecule has 141 heavy (non-hydrogen) atoms. The second kappa shape index (κ2) is 35.1. The number of aromatic nitrogens is 12. The van der Waals surface area contributed by atoms with Gasteiger partial charge >= 0.3 is 63.2 Å². The molecule has 30 aromatic rings. The van der Waals surface area contributed by atoms with E-state index < -0.39 is 0 Å². The van der Waals surface area contributed by atoms with E-state index >= 15 is 0 Å². The summed E-state index contributed by atoms with van der Waals surface area (Å²) in [6, 6.07) is 169. The molecule has 0 spiro atoms. The van der Waals surface area contributed by atoms with Gasteiger partial charge in [-0.05, 0) is 172 Å². The molecule has 0 saturated heterocycles. The van der Waals surface area contributed by atoms with Gasteiger partial charge < -0.3 is 32.4 Å². The molecular formula is C126H72N12Pt3. The number of hydrogen-bond donors (Lipinski definition) is 0. The third kappa shape index (κ3) is 14.2. The molecule has 0 saturated carbocycles. The van der Waals surface area contributed by atoms with Crippen LogP contribution in [0.5, 0.6) is 0 Å². The Bertz CT molecular complexity index is 10300. The Hall–Kier alpha value is -16.7. The van der Waals surface area contributed by atoms with Crippen LogP contribution in [0, 0.1) is 36.4 Å². The van der Waals surface area contributed by atoms with E-state index in [1.54, 1.807) is 0 Å². The minimum Gasteiger partial charge on any atom is -0.352 e. The van der Waals surface area contributed by atoms with Gasteiger partial charge in [-0.2, -0.15) is 24.3 Å². The van der Waals surface area contributed by atoms with E-state index in [0.717, 1.165) is 237 Å². The maximum absolute atomic E-state index is 5.43. The summed E-state index contributed by atoms with van der Waals surface area (Å²) in [5.41, 5.74) is 22.9. The van der Waals surface area contributed by atoms with E-state index in [9.17, 15) is 0 Å². The van der Waals surface area contributed by atoms with Gasteiger partial charge in [0.25, 0.3) is 0 Å². The SMILES string of the molecule is [Pt+2].[Pt+2].[Pt+2].[c-]1c(-c2ccc3ccccc3n2)ccc2c3ccccc3n(-c3[c-]c4c(cc3)c3ccccc3n4-c3cc4ccccc4cn3)c12.[c-]1c(-c2ccc3ccccc3n2)ccc2c3ccccc3n(-c3[c-]c4c(cc3)c3ccccc3n4-c3nccc4ccccc34)c12.[c-]1cc2ccccc2cc1-n1c2ccccc2c2ccc(-n3c4[c-]c(-c5nccc6ccccc56)ccc4c4ccccc43)nc21. The van der Waals surface area contributed by atoms with Gasteiger partial charge in [0, 0.05) is 67.7 Å². The molecule has 0 unspecified atom stereocenters. The van der Waals surface area contributed by atoms with E-state index in [1.165, 1.54) is 26.9 Å². The smallest absolute Gasteiger partial charge is 0.352 e. The van der Waals surface area contributed by atoms with Crippen molar-refractivity contribution in [3.8, 4) is 68.3 Å². The zero-order valence-corrected chi connectivity index (χ0v) is 81.7. The molecule has 0 radical (unpaired) electrons. The van der Waals surface area contributed by atoms with Crippen molar-refractivity contribution in [2.75, 3.05) is 0 Å². The fraction of sp³-hybridized carbons (Fsp3) is 0. The molecule has 0 aliphatic carbocycles. The summed E-state index contributed by atoms with van der Waals surface area (Å²) in [6.07, 6.45) is 5.73. The molecule has 0 amide bonds. The molecule has 0 bridgehead atoms. The minimum atomic E-state index is 0. The molecular weight excluding hydrogens is 2270 g/mol. The Balaban J connectivity index is 0.000000110. The third-order valence-electron chi connectivity index (χ3n) is 27.4. The quantitative estimate of drug-likeness (QED) is 0.133. The monoisotopic (exact) mass is 2340 g/mol. The Morgan fingerprint density at radius 2 is 0.574 bits per heavy atom. The number of hydrogen-bond acceptors (Lipinski definition) is 6. The van der Waals surface area contributed by atoms with E-state index in [4.69, 9.17) is 29.9 Å². The summed E-state index contributed by atoms with van der Waals surface area (Å²) in [7, 11) is 0. The molecule has 0 atom stereocenters. The molecule has 0 aliphatic rings. The molecule has 0 N–H and O–H groups in total. The number of rotatable bonds is 9. The van der Waals surface area contributed by atoms with Gasteiger partial charge in [-0.25, -0.2) is 15.0 Å². The number of pyridine rings is 6. The van der Waals surface area contributed by atoms with Crippen molar-refractivity contribution >= 4 is 196 Å². The minimum absolute atomic E-state index is 0. The van der Waals surface area contributed by atoms with Crippen LogP contribution in [0.15, 0.2) is 437 Å². The van der Waals surface area contributed by atoms with Gasteiger partial charge in [-0.3, -0.25) is 9.97 Å². The first kappa shape index (κ1) is 85.9. The van der Waals surface area contributed by atoms with Gasteiger partial charge in [0.1, 0.15) is 23.1 Å². The van der Waals surface area contributed by atoms with Crippen molar-refractivity contribution in [2.45, 2.75) is 0 Å². The predicted octanol–water partition coefficient (Wildman–Crippen LogP) is 30.7. The fourth-order valence-corrected chi connectivity index (χ4v) is 21.0. The number of fused-ring (bicyclic) bond motifs is 24. The largest absolute Gasteiger partial charge is 2.00 e. The van der Waals surface area contributed by atoms with Crippen molar-refractivity contribution in [3.63, 3.8) is 0 Å². The molecule has 12 aromatic heterocycles. The molecule has 0 fully saturated rings. The van der Waals surface area contributed by atoms with Gasteiger partial charge in [0.15, 0.2) is 0 Å². The van der Waals surface area contributed by atoms with Gasteiger partial charge in [-0.1, -0.05) is 305 Å². The predicted molar refractivity (Wildman–Crippen MR) is 566 cm³/mol. The fourth-order valence-electron chi connectivity index (χ4n) is 21.0. The molecule has 15 heteroatoms. The second-order valence-electron chi connectivity index (χ2n) is 35.1. The number of para-hydroxylation sites is 8. The topological polar surface area (TPSA) is 107 Å². The first-order valence-electron chi connectivity index (χ1n) is 46.3. The summed E-state index contributed by atoms with van der Waals surface area (Å²) in [5, 5.41) is 25.2. The molecule has 666 valence electrons. The number of benzene rings is 18. The van der Waals surface area contributed by atoms with Crippen LogP contribution in [0.4, 0.5) is 0 Å². The molecule has 0 aliphatic heterocycles. The van der Waals surface area contributed by atoms with Crippen molar-refractivity contribution in [1.82, 2.24) is 57.3 Å². The van der Waals surface area contributed by atoms with Crippen LogP contribution >= 0.6 is 0 Å². The first-order valence-corrected chi connectivity index (χ1v) is 46.3. The average Bonchev–Trinajstić information content (AvgIpc) is 1.58. The average molecular weight is 2340 g/mol. The van der Waals surface area contributed by atoms with E-state index in [2.05, 4.69) is 458 Å². The summed E-state index contributed by atoms with van der Waals surface area (Å²) < 4.78 is 13.5. The maximum Gasteiger partial charge on any atom is 2.00 e. The molecule has 12 heterocycles. The zero-order valence-electron chi connectivity index (χ0n) is 74.9. The van der Waals surface area contributed by atoms with Crippen LogP contribution in [-0.4, -0.2) is 57.3 Å². The zero-order chi connectivity index (χ0) is 90.6. The van der Waals surface area contributed by atoms with Crippen LogP contribution in [0.25, 0.3) is 264 Å². The van der Waals surface area contributed by atoms with Gasteiger partial charge in [-0.15, -0.1) is 129 Å². The van der Waals surface area contributed by atoms with Crippen LogP contribution in [0.2, 0.25) is 0 Å². The third-order valence-corrected chi connectivity index (χ3v) is 27.4. The van der Waals surface area contributed by atoms with Gasteiger partial charge in [0.05, 0.1) is 16.6 Å². The second-order valence-corrected chi connectivity index (χ2v) is 35.1. The van der Waals surface area contributed by atoms with Crippen molar-refractivity contribution in [2.24, 2.45) is 0 Å². The van der Waals surface area contributed by atoms with Crippen LogP contribution in [0.1, 0.15) is 0 Å². The summed E-state index contributed by atoms with van der Waals surface area (Å²) in [4.78, 5) is 30.1. The normalized spacial score (nSPS) is 11.7. The van der Waals surface area contributed by atoms with E-state index in [0.29, 0.717) is 0 Å². The Kier molecular flexibility index (Phi) is 21.4. The van der Waals surface area contributed by atoms with Crippen molar-refractivity contribution in [3.05, 3.63) is 474 Å². The standard InChI is InChI=1S/3C42H24N4.3Pt/c1-3-11-31-27(9-1)23-24-43-42(31)46-39-16-8-5-13-33(39)35-21-19-30(26-41(35)46)45-38-15-7-4-12-32(38)34-20-17-29(25-40(34)45)37-22-18-28-10-2-6-14-36(28)44-37;1-2-11-30-26-43-42(24-28(30)10-1)46-39-16-8-5-13-33(39)35-21-19-31(25-41(35)46)45-38-15-7-4-12-32(38)34-20-17-29(23-40(34)45)37-22-18-27-9-3-6-14-36(27)44-37;1-2-11-29-25-31(19-17-27(29)9-1)45-37-15-7-6-14-34(37)36-21-22-40(44-42(36)45)46-38-16-8-5-13-33(38)35-20-18-30(26-39(35)46)41-32-12-4-3-10-28(32)23-24-43-41;;;/h1-24H;1-22,24,26H;1-18,20-25H;;;/q3*-2;3*+2. The molecule has 30 rings (SSSR count). The van der Waals surface area contributed by atoms with E-state index in [1.807, 2.05) is 42.9 Å². The van der Waals surface area contributed by atoms with Crippen LogP contribution in [-0.2, 0) is 63.2 Å². The Morgan fingerprint density at radius 3 is 1.11 bits per heavy atom. The van der Waals surface area contributed by atoms with Gasteiger partial charge in [0.2, 0.25) is 0 Å². The summed E-state index contributed by atoms with van der Waals surface area (Å²) in [6.45, 7) is 0. The van der Waals surface area contributed by atoms with E-state index in [-0.39, 0.29) is 63.2 Å². The maximum atomic E-state index is 5.43.